The van der Waals surface area contributed by atoms with Gasteiger partial charge in [0.15, 0.2) is 0 Å². The van der Waals surface area contributed by atoms with Gasteiger partial charge in [-0.2, -0.15) is 11.8 Å². The van der Waals surface area contributed by atoms with Crippen molar-refractivity contribution in [2.24, 2.45) is 0 Å². The lowest BCUT2D eigenvalue weighted by molar-refractivity contribution is -0.124. The molecule has 1 aliphatic rings. The molecule has 1 fully saturated rings. The van der Waals surface area contributed by atoms with Crippen LogP contribution in [0.1, 0.15) is 24.8 Å². The van der Waals surface area contributed by atoms with Gasteiger partial charge in [0.05, 0.1) is 5.41 Å². The third kappa shape index (κ3) is 3.31. The molecule has 0 heterocycles. The van der Waals surface area contributed by atoms with E-state index in [1.54, 1.807) is 11.8 Å². The van der Waals surface area contributed by atoms with Crippen molar-refractivity contribution in [1.29, 1.82) is 0 Å². The van der Waals surface area contributed by atoms with E-state index in [0.29, 0.717) is 6.42 Å². The van der Waals surface area contributed by atoms with Gasteiger partial charge in [-0.05, 0) is 31.1 Å². The van der Waals surface area contributed by atoms with E-state index in [2.05, 4.69) is 5.32 Å². The number of nitrogens with one attached hydrogen (secondary N) is 1. The SMILES string of the molecule is CSCC(CCO)NC(=O)C1(c2ccccc2)CC1. The Labute approximate surface area is 118 Å². The minimum absolute atomic E-state index is 0.0636. The second-order valence-electron chi connectivity index (χ2n) is 5.09. The first-order valence-electron chi connectivity index (χ1n) is 6.69. The van der Waals surface area contributed by atoms with Gasteiger partial charge in [-0.3, -0.25) is 4.79 Å². The second kappa shape index (κ2) is 6.44. The number of amides is 1. The fourth-order valence-corrected chi connectivity index (χ4v) is 3.06. The minimum atomic E-state index is -0.312. The lowest BCUT2D eigenvalue weighted by Crippen LogP contribution is -2.43. The number of carbonyl (C=O) groups excluding carboxylic acids is 1. The highest BCUT2D eigenvalue weighted by Gasteiger charge is 2.51. The van der Waals surface area contributed by atoms with Crippen LogP contribution in [0.3, 0.4) is 0 Å². The molecule has 1 aromatic rings. The summed E-state index contributed by atoms with van der Waals surface area (Å²) >= 11 is 1.69. The summed E-state index contributed by atoms with van der Waals surface area (Å²) in [4.78, 5) is 12.5. The van der Waals surface area contributed by atoms with Crippen LogP contribution in [0.15, 0.2) is 30.3 Å². The van der Waals surface area contributed by atoms with E-state index in [4.69, 9.17) is 5.11 Å². The molecule has 1 aromatic carbocycles. The van der Waals surface area contributed by atoms with Gasteiger partial charge in [0.25, 0.3) is 0 Å². The fraction of sp³-hybridized carbons (Fsp3) is 0.533. The first-order chi connectivity index (χ1) is 9.23. The Kier molecular flexibility index (Phi) is 4.88. The zero-order valence-electron chi connectivity index (χ0n) is 11.3. The van der Waals surface area contributed by atoms with Gasteiger partial charge in [-0.15, -0.1) is 0 Å². The molecule has 2 rings (SSSR count). The smallest absolute Gasteiger partial charge is 0.230 e. The normalized spacial score (nSPS) is 17.8. The van der Waals surface area contributed by atoms with Crippen LogP contribution in [0.5, 0.6) is 0 Å². The molecule has 3 nitrogen and oxygen atoms in total. The van der Waals surface area contributed by atoms with Crippen molar-refractivity contribution in [2.45, 2.75) is 30.7 Å². The van der Waals surface area contributed by atoms with Gasteiger partial charge in [0, 0.05) is 18.4 Å². The lowest BCUT2D eigenvalue weighted by Gasteiger charge is -2.21. The zero-order valence-corrected chi connectivity index (χ0v) is 12.1. The van der Waals surface area contributed by atoms with E-state index >= 15 is 0 Å². The Balaban J connectivity index is 2.03. The Bertz CT molecular complexity index is 411. The highest BCUT2D eigenvalue weighted by molar-refractivity contribution is 7.98. The van der Waals surface area contributed by atoms with Gasteiger partial charge in [0.2, 0.25) is 5.91 Å². The van der Waals surface area contributed by atoms with Crippen LogP contribution in [0.25, 0.3) is 0 Å². The van der Waals surface area contributed by atoms with Crippen molar-refractivity contribution >= 4 is 17.7 Å². The molecule has 0 aromatic heterocycles. The van der Waals surface area contributed by atoms with E-state index in [1.807, 2.05) is 36.6 Å². The maximum Gasteiger partial charge on any atom is 0.230 e. The lowest BCUT2D eigenvalue weighted by atomic mass is 9.94. The number of thioether (sulfide) groups is 1. The molecule has 0 radical (unpaired) electrons. The van der Waals surface area contributed by atoms with E-state index in [9.17, 15) is 4.79 Å². The van der Waals surface area contributed by atoms with Crippen LogP contribution in [0.4, 0.5) is 0 Å². The van der Waals surface area contributed by atoms with Crippen LogP contribution >= 0.6 is 11.8 Å². The zero-order chi connectivity index (χ0) is 13.7. The van der Waals surface area contributed by atoms with Gasteiger partial charge >= 0.3 is 0 Å². The second-order valence-corrected chi connectivity index (χ2v) is 6.00. The summed E-state index contributed by atoms with van der Waals surface area (Å²) in [5, 5.41) is 12.2. The molecule has 1 aliphatic carbocycles. The van der Waals surface area contributed by atoms with Crippen LogP contribution < -0.4 is 5.32 Å². The van der Waals surface area contributed by atoms with E-state index in [-0.39, 0.29) is 24.0 Å². The van der Waals surface area contributed by atoms with Crippen molar-refractivity contribution in [1.82, 2.24) is 5.32 Å². The number of benzene rings is 1. The number of carbonyl (C=O) groups is 1. The van der Waals surface area contributed by atoms with Crippen molar-refractivity contribution in [3.63, 3.8) is 0 Å². The number of hydrogen-bond acceptors (Lipinski definition) is 3. The summed E-state index contributed by atoms with van der Waals surface area (Å²) in [6, 6.07) is 10.1. The molecule has 1 atom stereocenters. The van der Waals surface area contributed by atoms with Gasteiger partial charge < -0.3 is 10.4 Å². The monoisotopic (exact) mass is 279 g/mol. The molecule has 104 valence electrons. The van der Waals surface area contributed by atoms with Crippen LogP contribution in [0, 0.1) is 0 Å². The van der Waals surface area contributed by atoms with Crippen molar-refractivity contribution in [2.75, 3.05) is 18.6 Å². The Morgan fingerprint density at radius 3 is 2.63 bits per heavy atom. The van der Waals surface area contributed by atoms with Crippen LogP contribution in [0.2, 0.25) is 0 Å². The Morgan fingerprint density at radius 1 is 1.42 bits per heavy atom. The quantitative estimate of drug-likeness (QED) is 0.802. The van der Waals surface area contributed by atoms with E-state index in [0.717, 1.165) is 24.2 Å². The number of aliphatic hydroxyl groups excluding tert-OH is 1. The van der Waals surface area contributed by atoms with Gasteiger partial charge in [-0.25, -0.2) is 0 Å². The summed E-state index contributed by atoms with van der Waals surface area (Å²) in [7, 11) is 0. The average Bonchev–Trinajstić information content (AvgIpc) is 3.22. The average molecular weight is 279 g/mol. The molecule has 2 N–H and O–H groups in total. The molecular formula is C15H21NO2S. The first kappa shape index (κ1) is 14.4. The molecule has 0 saturated heterocycles. The predicted octanol–water partition coefficient (Wildman–Crippen LogP) is 1.95. The molecule has 1 amide bonds. The largest absolute Gasteiger partial charge is 0.396 e. The van der Waals surface area contributed by atoms with Gasteiger partial charge in [0.1, 0.15) is 0 Å². The Hall–Kier alpha value is -1.00. The molecule has 0 aliphatic heterocycles. The van der Waals surface area contributed by atoms with Crippen molar-refractivity contribution in [3.05, 3.63) is 35.9 Å². The predicted molar refractivity (Wildman–Crippen MR) is 79.4 cm³/mol. The van der Waals surface area contributed by atoms with Crippen molar-refractivity contribution < 1.29 is 9.90 Å². The summed E-state index contributed by atoms with van der Waals surface area (Å²) in [6.45, 7) is 0.115. The number of aliphatic hydroxyl groups is 1. The van der Waals surface area contributed by atoms with E-state index in [1.165, 1.54) is 0 Å². The summed E-state index contributed by atoms with van der Waals surface area (Å²) < 4.78 is 0. The van der Waals surface area contributed by atoms with Gasteiger partial charge in [-0.1, -0.05) is 30.3 Å². The molecule has 1 saturated carbocycles. The Morgan fingerprint density at radius 2 is 2.11 bits per heavy atom. The molecule has 19 heavy (non-hydrogen) atoms. The maximum atomic E-state index is 12.5. The topological polar surface area (TPSA) is 49.3 Å². The number of rotatable bonds is 7. The first-order valence-corrected chi connectivity index (χ1v) is 8.08. The molecule has 4 heteroatoms. The summed E-state index contributed by atoms with van der Waals surface area (Å²) in [6.07, 6.45) is 4.49. The molecule has 0 bridgehead atoms. The fourth-order valence-electron chi connectivity index (χ4n) is 2.41. The minimum Gasteiger partial charge on any atom is -0.396 e. The maximum absolute atomic E-state index is 12.5. The third-order valence-corrected chi connectivity index (χ3v) is 4.43. The third-order valence-electron chi connectivity index (χ3n) is 3.69. The summed E-state index contributed by atoms with van der Waals surface area (Å²) in [5.74, 6) is 0.961. The van der Waals surface area contributed by atoms with Crippen LogP contribution in [-0.2, 0) is 10.2 Å². The molecule has 0 spiro atoms. The summed E-state index contributed by atoms with van der Waals surface area (Å²) in [5.41, 5.74) is 0.798. The highest BCUT2D eigenvalue weighted by atomic mass is 32.2. The molecular weight excluding hydrogens is 258 g/mol. The van der Waals surface area contributed by atoms with Crippen LogP contribution in [-0.4, -0.2) is 35.7 Å². The molecule has 1 unspecified atom stereocenters. The van der Waals surface area contributed by atoms with E-state index < -0.39 is 0 Å². The standard InChI is InChI=1S/C15H21NO2S/c1-19-11-13(7-10-17)16-14(18)15(8-9-15)12-5-3-2-4-6-12/h2-6,13,17H,7-11H2,1H3,(H,16,18). The number of hydrogen-bond donors (Lipinski definition) is 2. The van der Waals surface area contributed by atoms with Crippen molar-refractivity contribution in [3.8, 4) is 0 Å². The highest BCUT2D eigenvalue weighted by Crippen LogP contribution is 2.48.